The maximum atomic E-state index is 12.7. The number of carbonyl (C=O) groups excluding carboxylic acids is 4. The van der Waals surface area contributed by atoms with E-state index in [1.54, 1.807) is 20.8 Å². The van der Waals surface area contributed by atoms with Gasteiger partial charge in [0, 0.05) is 0 Å². The minimum Gasteiger partial charge on any atom is -0.469 e. The Hall–Kier alpha value is -1.34. The summed E-state index contributed by atoms with van der Waals surface area (Å²) in [7, 11) is -1.65. The van der Waals surface area contributed by atoms with Gasteiger partial charge in [-0.1, -0.05) is 33.5 Å². The number of ether oxygens (including phenoxy) is 4. The molecule has 0 bridgehead atoms. The maximum Gasteiger partial charge on any atom is 0.311 e. The first-order valence-corrected chi connectivity index (χ1v) is 32.7. The average molecular weight is 918 g/mol. The fourth-order valence-corrected chi connectivity index (χ4v) is 7.93. The number of rotatable bonds is 26. The largest absolute Gasteiger partial charge is 0.469 e. The number of esters is 4. The molecule has 4 atom stereocenters. The number of aliphatic hydroxyl groups excluding tert-OH is 2. The Bertz CT molecular complexity index is 1210. The minimum atomic E-state index is -1.65. The molecule has 0 rings (SSSR count). The summed E-state index contributed by atoms with van der Waals surface area (Å²) in [6.07, 6.45) is 5.67. The standard InChI is InChI=1S/C23H48O6Si2.C17H32O6.C3H9ClSi/c1-12-23(4,21(25)26-5)18-22(2,3)20(24)27-16-14-13-15-19(29-31(9,10)11)17-28-30(6,7)8;1-6-17(4,15(21)22-5)12-16(2,3)14(20)23-10-8-7-9-13(19)11-18;1-5(2,3)4/h19H,12-18H2,1-11H3;13,18-19H,6-12H2,1-5H3;1-3H3. The van der Waals surface area contributed by atoms with Crippen molar-refractivity contribution in [3.8, 4) is 0 Å². The van der Waals surface area contributed by atoms with Crippen LogP contribution in [0.4, 0.5) is 0 Å². The number of halogens is 1. The van der Waals surface area contributed by atoms with E-state index in [9.17, 15) is 24.3 Å². The van der Waals surface area contributed by atoms with Crippen LogP contribution >= 0.6 is 11.1 Å². The second-order valence-electron chi connectivity index (χ2n) is 20.4. The molecule has 2 N–H and O–H groups in total. The molecule has 0 heterocycles. The Morgan fingerprint density at radius 3 is 1.25 bits per heavy atom. The summed E-state index contributed by atoms with van der Waals surface area (Å²) in [4.78, 5) is 49.0. The van der Waals surface area contributed by atoms with Crippen molar-refractivity contribution in [2.45, 2.75) is 191 Å². The number of carbonyl (C=O) groups is 4. The van der Waals surface area contributed by atoms with Crippen LogP contribution in [-0.4, -0.2) is 111 Å². The van der Waals surface area contributed by atoms with E-state index in [0.29, 0.717) is 58.2 Å². The molecule has 0 fully saturated rings. The normalized spacial score (nSPS) is 15.4. The predicted molar refractivity (Wildman–Crippen MR) is 247 cm³/mol. The fraction of sp³-hybridized carbons (Fsp3) is 0.907. The molecule has 0 aliphatic carbocycles. The van der Waals surface area contributed by atoms with Crippen molar-refractivity contribution in [3.63, 3.8) is 0 Å². The van der Waals surface area contributed by atoms with Gasteiger partial charge in [0.25, 0.3) is 0 Å². The Balaban J connectivity index is -0.000000984. The van der Waals surface area contributed by atoms with Crippen molar-refractivity contribution in [1.82, 2.24) is 0 Å². The smallest absolute Gasteiger partial charge is 0.311 e. The van der Waals surface area contributed by atoms with Gasteiger partial charge in [0.15, 0.2) is 16.6 Å². The van der Waals surface area contributed by atoms with Crippen LogP contribution in [0, 0.1) is 21.7 Å². The Labute approximate surface area is 367 Å². The highest BCUT2D eigenvalue weighted by molar-refractivity contribution is 7.18. The van der Waals surface area contributed by atoms with Crippen molar-refractivity contribution in [2.75, 3.05) is 40.6 Å². The zero-order valence-electron chi connectivity index (χ0n) is 40.9. The Kier molecular flexibility index (Phi) is 29.8. The molecule has 16 heteroatoms. The van der Waals surface area contributed by atoms with Crippen LogP contribution in [0.5, 0.6) is 0 Å². The molecule has 352 valence electrons. The first kappa shape index (κ1) is 62.0. The molecule has 0 saturated heterocycles. The van der Waals surface area contributed by atoms with Crippen LogP contribution in [-0.2, 0) is 47.0 Å². The Morgan fingerprint density at radius 2 is 0.966 bits per heavy atom. The predicted octanol–water partition coefficient (Wildman–Crippen LogP) is 9.90. The van der Waals surface area contributed by atoms with Gasteiger partial charge in [-0.3, -0.25) is 19.2 Å². The average Bonchev–Trinajstić information content (AvgIpc) is 3.10. The van der Waals surface area contributed by atoms with E-state index in [4.69, 9.17) is 44.0 Å². The lowest BCUT2D eigenvalue weighted by Crippen LogP contribution is -2.38. The van der Waals surface area contributed by atoms with Gasteiger partial charge in [0.1, 0.15) is 7.38 Å². The summed E-state index contributed by atoms with van der Waals surface area (Å²) < 4.78 is 33.0. The zero-order valence-corrected chi connectivity index (χ0v) is 44.7. The molecule has 0 amide bonds. The third-order valence-corrected chi connectivity index (χ3v) is 11.5. The Morgan fingerprint density at radius 1 is 0.610 bits per heavy atom. The van der Waals surface area contributed by atoms with Gasteiger partial charge < -0.3 is 38.0 Å². The van der Waals surface area contributed by atoms with Gasteiger partial charge >= 0.3 is 23.9 Å². The van der Waals surface area contributed by atoms with Crippen LogP contribution in [0.25, 0.3) is 0 Å². The van der Waals surface area contributed by atoms with E-state index in [1.165, 1.54) is 14.2 Å². The second kappa shape index (κ2) is 28.4. The van der Waals surface area contributed by atoms with Crippen LogP contribution < -0.4 is 0 Å². The number of unbranched alkanes of at least 4 members (excludes halogenated alkanes) is 2. The molecule has 0 aliphatic rings. The third-order valence-electron chi connectivity index (χ3n) is 9.44. The number of hydrogen-bond acceptors (Lipinski definition) is 12. The molecule has 59 heavy (non-hydrogen) atoms. The summed E-state index contributed by atoms with van der Waals surface area (Å²) in [6, 6.07) is 0. The van der Waals surface area contributed by atoms with Crippen molar-refractivity contribution in [1.29, 1.82) is 0 Å². The van der Waals surface area contributed by atoms with Gasteiger partial charge in [0.05, 0.1) is 74.5 Å². The molecule has 4 unspecified atom stereocenters. The molecule has 12 nitrogen and oxygen atoms in total. The van der Waals surface area contributed by atoms with Gasteiger partial charge in [0.2, 0.25) is 0 Å². The van der Waals surface area contributed by atoms with Crippen molar-refractivity contribution >= 4 is 59.0 Å². The first-order valence-electron chi connectivity index (χ1n) is 21.4. The number of methoxy groups -OCH3 is 2. The molecule has 0 aromatic heterocycles. The SMILES string of the molecule is CCC(C)(CC(C)(C)C(=O)OCCCCC(CO[Si](C)(C)C)O[Si](C)(C)C)C(=O)OC.CCC(C)(CC(C)(C)C(=O)OCCCCC(O)CO)C(=O)OC.C[Si](C)(C)Cl. The summed E-state index contributed by atoms with van der Waals surface area (Å²) in [5.41, 5.74) is -2.96. The number of aliphatic hydroxyl groups is 2. The number of hydrogen-bond donors (Lipinski definition) is 2. The lowest BCUT2D eigenvalue weighted by molar-refractivity contribution is -0.163. The minimum absolute atomic E-state index is 0.0934. The highest BCUT2D eigenvalue weighted by Gasteiger charge is 2.43. The quantitative estimate of drug-likeness (QED) is 0.0278. The fourth-order valence-electron chi connectivity index (χ4n) is 6.06. The van der Waals surface area contributed by atoms with E-state index < -0.39 is 51.8 Å². The van der Waals surface area contributed by atoms with E-state index >= 15 is 0 Å². The topological polar surface area (TPSA) is 164 Å². The maximum absolute atomic E-state index is 12.7. The van der Waals surface area contributed by atoms with Gasteiger partial charge in [-0.25, -0.2) is 0 Å². The zero-order chi connectivity index (χ0) is 47.1. The highest BCUT2D eigenvalue weighted by atomic mass is 35.6. The van der Waals surface area contributed by atoms with Crippen molar-refractivity contribution < 1.29 is 57.2 Å². The lowest BCUT2D eigenvalue weighted by Gasteiger charge is -2.33. The lowest BCUT2D eigenvalue weighted by atomic mass is 9.72. The van der Waals surface area contributed by atoms with E-state index in [0.717, 1.165) is 19.3 Å². The molecular formula is C43H89ClO12Si3. The summed E-state index contributed by atoms with van der Waals surface area (Å²) in [5, 5.41) is 17.9. The van der Waals surface area contributed by atoms with Crippen molar-refractivity contribution in [2.24, 2.45) is 21.7 Å². The molecule has 0 saturated carbocycles. The molecule has 0 spiro atoms. The first-order chi connectivity index (χ1) is 26.6. The van der Waals surface area contributed by atoms with Gasteiger partial charge in [-0.2, -0.15) is 11.1 Å². The third kappa shape index (κ3) is 31.2. The molecular weight excluding hydrogens is 828 g/mol. The molecule has 0 radical (unpaired) electrons. The summed E-state index contributed by atoms with van der Waals surface area (Å²) >= 11 is 5.67. The van der Waals surface area contributed by atoms with Gasteiger partial charge in [-0.05, 0) is 145 Å². The summed E-state index contributed by atoms with van der Waals surface area (Å²) in [5.74, 6) is -1.22. The summed E-state index contributed by atoms with van der Waals surface area (Å²) in [6.45, 7) is 35.1. The van der Waals surface area contributed by atoms with Crippen LogP contribution in [0.15, 0.2) is 0 Å². The van der Waals surface area contributed by atoms with Crippen LogP contribution in [0.3, 0.4) is 0 Å². The highest BCUT2D eigenvalue weighted by Crippen LogP contribution is 2.39. The van der Waals surface area contributed by atoms with E-state index in [2.05, 4.69) is 58.9 Å². The van der Waals surface area contributed by atoms with E-state index in [-0.39, 0.29) is 43.2 Å². The second-order valence-corrected chi connectivity index (χ2v) is 36.9. The van der Waals surface area contributed by atoms with Crippen molar-refractivity contribution in [3.05, 3.63) is 0 Å². The van der Waals surface area contributed by atoms with Gasteiger partial charge in [-0.15, -0.1) is 0 Å². The monoisotopic (exact) mass is 917 g/mol. The molecule has 0 aromatic carbocycles. The van der Waals surface area contributed by atoms with E-state index in [1.807, 2.05) is 34.6 Å². The van der Waals surface area contributed by atoms with Crippen LogP contribution in [0.2, 0.25) is 58.9 Å². The molecule has 0 aromatic rings. The molecule has 0 aliphatic heterocycles. The van der Waals surface area contributed by atoms with Crippen LogP contribution in [0.1, 0.15) is 120 Å².